The molecule has 0 aliphatic heterocycles. The molecule has 2 unspecified atom stereocenters. The van der Waals surface area contributed by atoms with Gasteiger partial charge in [-0.3, -0.25) is 0 Å². The second-order valence-electron chi connectivity index (χ2n) is 5.35. The summed E-state index contributed by atoms with van der Waals surface area (Å²) in [6.45, 7) is 4.01. The first-order valence-corrected chi connectivity index (χ1v) is 9.01. The van der Waals surface area contributed by atoms with Crippen molar-refractivity contribution in [3.8, 4) is 0 Å². The van der Waals surface area contributed by atoms with Gasteiger partial charge in [0.1, 0.15) is 0 Å². The van der Waals surface area contributed by atoms with E-state index in [0.717, 1.165) is 12.8 Å². The summed E-state index contributed by atoms with van der Waals surface area (Å²) in [5.74, 6) is 0. The SMILES string of the molecule is CCCCCCCCC(O)CC(CCC)S(=O)(=O)[O-].[Na+]. The van der Waals surface area contributed by atoms with Crippen molar-refractivity contribution < 1.29 is 47.6 Å². The van der Waals surface area contributed by atoms with E-state index in [9.17, 15) is 18.1 Å². The van der Waals surface area contributed by atoms with E-state index in [1.807, 2.05) is 6.92 Å². The molecule has 0 fully saturated rings. The van der Waals surface area contributed by atoms with Gasteiger partial charge in [0.05, 0.1) is 21.5 Å². The standard InChI is InChI=1S/C14H30O4S.Na/c1-3-5-6-7-8-9-11-13(15)12-14(10-4-2)19(16,17)18;/h13-15H,3-12H2,1-2H3,(H,16,17,18);/q;+1/p-1. The van der Waals surface area contributed by atoms with Gasteiger partial charge in [0.15, 0.2) is 0 Å². The van der Waals surface area contributed by atoms with Crippen LogP contribution in [0.1, 0.15) is 78.1 Å². The number of hydrogen-bond donors (Lipinski definition) is 1. The normalized spacial score (nSPS) is 14.6. The molecule has 116 valence electrons. The van der Waals surface area contributed by atoms with Crippen LogP contribution in [0.25, 0.3) is 0 Å². The summed E-state index contributed by atoms with van der Waals surface area (Å²) in [6.07, 6.45) is 7.84. The average molecular weight is 316 g/mol. The van der Waals surface area contributed by atoms with Gasteiger partial charge < -0.3 is 9.66 Å². The quantitative estimate of drug-likeness (QED) is 0.317. The zero-order valence-electron chi connectivity index (χ0n) is 13.3. The van der Waals surface area contributed by atoms with Crippen LogP contribution in [0.3, 0.4) is 0 Å². The third-order valence-corrected chi connectivity index (χ3v) is 4.69. The first-order chi connectivity index (χ1) is 8.91. The van der Waals surface area contributed by atoms with Gasteiger partial charge in [-0.25, -0.2) is 8.42 Å². The molecular formula is C14H29NaO4S. The average Bonchev–Trinajstić information content (AvgIpc) is 2.32. The first kappa shape index (κ1) is 23.1. The van der Waals surface area contributed by atoms with Crippen LogP contribution in [0.4, 0.5) is 0 Å². The molecule has 0 amide bonds. The Hall–Kier alpha value is 0.870. The molecule has 0 aromatic rings. The van der Waals surface area contributed by atoms with Crippen molar-refractivity contribution >= 4 is 10.1 Å². The van der Waals surface area contributed by atoms with Gasteiger partial charge in [-0.15, -0.1) is 0 Å². The molecule has 0 bridgehead atoms. The zero-order valence-corrected chi connectivity index (χ0v) is 16.1. The Kier molecular flexibility index (Phi) is 15.7. The number of aliphatic hydroxyl groups excluding tert-OH is 1. The predicted molar refractivity (Wildman–Crippen MR) is 77.0 cm³/mol. The minimum absolute atomic E-state index is 0. The van der Waals surface area contributed by atoms with Crippen molar-refractivity contribution in [1.29, 1.82) is 0 Å². The summed E-state index contributed by atoms with van der Waals surface area (Å²) in [5.41, 5.74) is 0. The van der Waals surface area contributed by atoms with E-state index in [4.69, 9.17) is 0 Å². The minimum Gasteiger partial charge on any atom is -0.748 e. The largest absolute Gasteiger partial charge is 1.00 e. The van der Waals surface area contributed by atoms with Crippen LogP contribution in [0.2, 0.25) is 0 Å². The van der Waals surface area contributed by atoms with Crippen molar-refractivity contribution in [2.75, 3.05) is 0 Å². The third kappa shape index (κ3) is 12.6. The fraction of sp³-hybridized carbons (Fsp3) is 1.00. The van der Waals surface area contributed by atoms with Gasteiger partial charge in [0.2, 0.25) is 0 Å². The minimum atomic E-state index is -4.27. The number of rotatable bonds is 12. The molecule has 0 radical (unpaired) electrons. The van der Waals surface area contributed by atoms with Crippen molar-refractivity contribution in [3.63, 3.8) is 0 Å². The zero-order chi connectivity index (χ0) is 14.7. The first-order valence-electron chi connectivity index (χ1n) is 7.54. The van der Waals surface area contributed by atoms with Gasteiger partial charge in [0, 0.05) is 0 Å². The van der Waals surface area contributed by atoms with Crippen LogP contribution < -0.4 is 29.6 Å². The van der Waals surface area contributed by atoms with Crippen molar-refractivity contribution in [3.05, 3.63) is 0 Å². The van der Waals surface area contributed by atoms with E-state index in [-0.39, 0.29) is 36.0 Å². The van der Waals surface area contributed by atoms with E-state index in [2.05, 4.69) is 6.92 Å². The fourth-order valence-electron chi connectivity index (χ4n) is 2.28. The molecule has 1 N–H and O–H groups in total. The molecular weight excluding hydrogens is 287 g/mol. The fourth-order valence-corrected chi connectivity index (χ4v) is 3.27. The Morgan fingerprint density at radius 1 is 0.950 bits per heavy atom. The van der Waals surface area contributed by atoms with E-state index < -0.39 is 21.5 Å². The van der Waals surface area contributed by atoms with Gasteiger partial charge in [-0.2, -0.15) is 0 Å². The van der Waals surface area contributed by atoms with Gasteiger partial charge in [-0.05, 0) is 19.3 Å². The Balaban J connectivity index is 0. The van der Waals surface area contributed by atoms with Gasteiger partial charge in [0.25, 0.3) is 0 Å². The van der Waals surface area contributed by atoms with Crippen molar-refractivity contribution in [2.24, 2.45) is 0 Å². The van der Waals surface area contributed by atoms with Crippen LogP contribution in [-0.4, -0.2) is 29.4 Å². The second kappa shape index (κ2) is 13.5. The van der Waals surface area contributed by atoms with Crippen LogP contribution in [-0.2, 0) is 10.1 Å². The summed E-state index contributed by atoms with van der Waals surface area (Å²) in [7, 11) is -4.27. The maximum Gasteiger partial charge on any atom is 1.00 e. The van der Waals surface area contributed by atoms with Crippen molar-refractivity contribution in [1.82, 2.24) is 0 Å². The van der Waals surface area contributed by atoms with E-state index >= 15 is 0 Å². The Morgan fingerprint density at radius 3 is 2.00 bits per heavy atom. The van der Waals surface area contributed by atoms with Crippen molar-refractivity contribution in [2.45, 2.75) is 89.4 Å². The molecule has 4 nitrogen and oxygen atoms in total. The molecule has 2 atom stereocenters. The molecule has 0 saturated heterocycles. The topological polar surface area (TPSA) is 77.4 Å². The summed E-state index contributed by atoms with van der Waals surface area (Å²) in [4.78, 5) is 0. The van der Waals surface area contributed by atoms with Crippen LogP contribution in [0, 0.1) is 0 Å². The summed E-state index contributed by atoms with van der Waals surface area (Å²) in [6, 6.07) is 0. The van der Waals surface area contributed by atoms with Crippen LogP contribution in [0.5, 0.6) is 0 Å². The van der Waals surface area contributed by atoms with Gasteiger partial charge in [-0.1, -0.05) is 58.8 Å². The summed E-state index contributed by atoms with van der Waals surface area (Å²) < 4.78 is 33.1. The van der Waals surface area contributed by atoms with E-state index in [0.29, 0.717) is 19.3 Å². The second-order valence-corrected chi connectivity index (χ2v) is 7.00. The molecule has 0 saturated carbocycles. The van der Waals surface area contributed by atoms with E-state index in [1.165, 1.54) is 25.7 Å². The Morgan fingerprint density at radius 2 is 1.50 bits per heavy atom. The molecule has 0 rings (SSSR count). The summed E-state index contributed by atoms with van der Waals surface area (Å²) in [5, 5.41) is 8.89. The maximum absolute atomic E-state index is 11.0. The molecule has 0 heterocycles. The summed E-state index contributed by atoms with van der Waals surface area (Å²) >= 11 is 0. The number of unbranched alkanes of at least 4 members (excludes halogenated alkanes) is 5. The Bertz CT molecular complexity index is 306. The predicted octanol–water partition coefficient (Wildman–Crippen LogP) is 0.206. The third-order valence-electron chi connectivity index (χ3n) is 3.44. The van der Waals surface area contributed by atoms with Gasteiger partial charge >= 0.3 is 29.6 Å². The maximum atomic E-state index is 11.0. The molecule has 0 aliphatic rings. The number of aliphatic hydroxyl groups is 1. The van der Waals surface area contributed by atoms with Crippen LogP contribution in [0.15, 0.2) is 0 Å². The number of hydrogen-bond acceptors (Lipinski definition) is 4. The molecule has 6 heteroatoms. The smallest absolute Gasteiger partial charge is 0.748 e. The van der Waals surface area contributed by atoms with Crippen LogP contribution >= 0.6 is 0 Å². The molecule has 20 heavy (non-hydrogen) atoms. The molecule has 0 aromatic carbocycles. The Labute approximate surface area is 146 Å². The molecule has 0 spiro atoms. The molecule has 0 aliphatic carbocycles. The van der Waals surface area contributed by atoms with E-state index in [1.54, 1.807) is 0 Å². The molecule has 0 aromatic heterocycles. The monoisotopic (exact) mass is 316 g/mol.